The van der Waals surface area contributed by atoms with Gasteiger partial charge in [0.2, 0.25) is 5.91 Å². The molecule has 3 rings (SSSR count). The van der Waals surface area contributed by atoms with Crippen molar-refractivity contribution in [1.82, 2.24) is 14.9 Å². The van der Waals surface area contributed by atoms with Crippen molar-refractivity contribution in [3.8, 4) is 0 Å². The van der Waals surface area contributed by atoms with Gasteiger partial charge >= 0.3 is 0 Å². The SMILES string of the molecule is CCCC1SCC(=O)N1Cc1nc2ccccc2[nH]1. The summed E-state index contributed by atoms with van der Waals surface area (Å²) >= 11 is 1.74. The lowest BCUT2D eigenvalue weighted by Gasteiger charge is -2.22. The highest BCUT2D eigenvalue weighted by Crippen LogP contribution is 2.29. The Hall–Kier alpha value is -1.49. The van der Waals surface area contributed by atoms with Crippen LogP contribution in [0, 0.1) is 0 Å². The van der Waals surface area contributed by atoms with Crippen molar-refractivity contribution in [2.24, 2.45) is 0 Å². The molecule has 0 radical (unpaired) electrons. The number of thioether (sulfide) groups is 1. The van der Waals surface area contributed by atoms with Crippen molar-refractivity contribution < 1.29 is 4.79 Å². The lowest BCUT2D eigenvalue weighted by atomic mass is 10.3. The molecule has 2 heterocycles. The highest BCUT2D eigenvalue weighted by atomic mass is 32.2. The number of imidazole rings is 1. The number of para-hydroxylation sites is 2. The van der Waals surface area contributed by atoms with Crippen LogP contribution in [0.5, 0.6) is 0 Å². The Morgan fingerprint density at radius 3 is 3.11 bits per heavy atom. The number of aromatic amines is 1. The first-order valence-corrected chi connectivity index (χ1v) is 7.67. The van der Waals surface area contributed by atoms with Crippen LogP contribution in [-0.4, -0.2) is 31.9 Å². The van der Waals surface area contributed by atoms with E-state index in [0.29, 0.717) is 17.7 Å². The number of H-pyrrole nitrogens is 1. The van der Waals surface area contributed by atoms with Crippen molar-refractivity contribution in [1.29, 1.82) is 0 Å². The van der Waals surface area contributed by atoms with Gasteiger partial charge in [-0.2, -0.15) is 0 Å². The van der Waals surface area contributed by atoms with Crippen molar-refractivity contribution in [3.05, 3.63) is 30.1 Å². The van der Waals surface area contributed by atoms with E-state index >= 15 is 0 Å². The summed E-state index contributed by atoms with van der Waals surface area (Å²) in [6.45, 7) is 2.74. The summed E-state index contributed by atoms with van der Waals surface area (Å²) in [6, 6.07) is 7.96. The van der Waals surface area contributed by atoms with Gasteiger partial charge in [0.1, 0.15) is 5.82 Å². The third-order valence-corrected chi connectivity index (χ3v) is 4.65. The van der Waals surface area contributed by atoms with Gasteiger partial charge in [0.05, 0.1) is 28.7 Å². The maximum Gasteiger partial charge on any atom is 0.233 e. The fourth-order valence-corrected chi connectivity index (χ4v) is 3.69. The molecule has 2 aromatic rings. The van der Waals surface area contributed by atoms with Crippen LogP contribution < -0.4 is 0 Å². The quantitative estimate of drug-likeness (QED) is 0.933. The monoisotopic (exact) mass is 275 g/mol. The molecule has 1 atom stereocenters. The molecule has 1 aliphatic heterocycles. The molecule has 0 saturated carbocycles. The summed E-state index contributed by atoms with van der Waals surface area (Å²) in [5.41, 5.74) is 1.99. The van der Waals surface area contributed by atoms with E-state index in [2.05, 4.69) is 16.9 Å². The fourth-order valence-electron chi connectivity index (χ4n) is 2.42. The van der Waals surface area contributed by atoms with Crippen LogP contribution >= 0.6 is 11.8 Å². The molecule has 0 spiro atoms. The summed E-state index contributed by atoms with van der Waals surface area (Å²) in [5.74, 6) is 1.70. The van der Waals surface area contributed by atoms with Crippen LogP contribution in [0.1, 0.15) is 25.6 Å². The highest BCUT2D eigenvalue weighted by molar-refractivity contribution is 8.00. The number of carbonyl (C=O) groups excluding carboxylic acids is 1. The molecule has 1 N–H and O–H groups in total. The van der Waals surface area contributed by atoms with Crippen molar-refractivity contribution in [2.75, 3.05) is 5.75 Å². The Labute approximate surface area is 116 Å². The Balaban J connectivity index is 1.81. The van der Waals surface area contributed by atoms with Crippen molar-refractivity contribution >= 4 is 28.7 Å². The average molecular weight is 275 g/mol. The Morgan fingerprint density at radius 1 is 1.47 bits per heavy atom. The predicted molar refractivity (Wildman–Crippen MR) is 77.8 cm³/mol. The van der Waals surface area contributed by atoms with E-state index < -0.39 is 0 Å². The third-order valence-electron chi connectivity index (χ3n) is 3.36. The van der Waals surface area contributed by atoms with E-state index in [1.54, 1.807) is 11.8 Å². The Kier molecular flexibility index (Phi) is 3.46. The molecule has 5 heteroatoms. The normalized spacial score (nSPS) is 19.5. The maximum absolute atomic E-state index is 11.9. The van der Waals surface area contributed by atoms with E-state index in [1.165, 1.54) is 0 Å². The first kappa shape index (κ1) is 12.5. The highest BCUT2D eigenvalue weighted by Gasteiger charge is 2.31. The molecule has 1 fully saturated rings. The molecule has 19 heavy (non-hydrogen) atoms. The van der Waals surface area contributed by atoms with E-state index in [0.717, 1.165) is 29.7 Å². The van der Waals surface area contributed by atoms with Gasteiger partial charge in [0, 0.05) is 0 Å². The number of nitrogens with zero attached hydrogens (tertiary/aromatic N) is 2. The molecule has 100 valence electrons. The van der Waals surface area contributed by atoms with Crippen LogP contribution in [0.2, 0.25) is 0 Å². The molecule has 0 aliphatic carbocycles. The van der Waals surface area contributed by atoms with Crippen molar-refractivity contribution in [3.63, 3.8) is 0 Å². The molecule has 0 bridgehead atoms. The number of aromatic nitrogens is 2. The largest absolute Gasteiger partial charge is 0.340 e. The fraction of sp³-hybridized carbons (Fsp3) is 0.429. The second-order valence-electron chi connectivity index (χ2n) is 4.78. The first-order valence-electron chi connectivity index (χ1n) is 6.62. The molecule has 1 aromatic carbocycles. The van der Waals surface area contributed by atoms with Gasteiger partial charge in [-0.05, 0) is 18.6 Å². The van der Waals surface area contributed by atoms with E-state index in [1.807, 2.05) is 29.2 Å². The van der Waals surface area contributed by atoms with Gasteiger partial charge in [-0.25, -0.2) is 4.98 Å². The third kappa shape index (κ3) is 2.47. The number of benzene rings is 1. The van der Waals surface area contributed by atoms with Crippen molar-refractivity contribution in [2.45, 2.75) is 31.7 Å². The summed E-state index contributed by atoms with van der Waals surface area (Å²) in [7, 11) is 0. The molecular formula is C14H17N3OS. The van der Waals surface area contributed by atoms with Crippen LogP contribution in [0.4, 0.5) is 0 Å². The molecule has 1 amide bonds. The summed E-state index contributed by atoms with van der Waals surface area (Å²) in [4.78, 5) is 21.7. The Bertz CT molecular complexity index is 562. The summed E-state index contributed by atoms with van der Waals surface area (Å²) in [6.07, 6.45) is 2.15. The van der Waals surface area contributed by atoms with E-state index in [9.17, 15) is 4.79 Å². The Morgan fingerprint density at radius 2 is 2.32 bits per heavy atom. The van der Waals surface area contributed by atoms with Crippen LogP contribution in [0.15, 0.2) is 24.3 Å². The molecule has 1 aromatic heterocycles. The molecule has 1 aliphatic rings. The molecule has 4 nitrogen and oxygen atoms in total. The maximum atomic E-state index is 11.9. The second kappa shape index (κ2) is 5.25. The number of hydrogen-bond donors (Lipinski definition) is 1. The molecule has 1 unspecified atom stereocenters. The van der Waals surface area contributed by atoms with E-state index in [-0.39, 0.29) is 5.91 Å². The van der Waals surface area contributed by atoms with Crippen LogP contribution in [0.3, 0.4) is 0 Å². The lowest BCUT2D eigenvalue weighted by Crippen LogP contribution is -2.32. The lowest BCUT2D eigenvalue weighted by molar-refractivity contribution is -0.128. The zero-order valence-corrected chi connectivity index (χ0v) is 11.7. The molecule has 1 saturated heterocycles. The van der Waals surface area contributed by atoms with Gasteiger partial charge < -0.3 is 9.88 Å². The van der Waals surface area contributed by atoms with Crippen LogP contribution in [-0.2, 0) is 11.3 Å². The number of rotatable bonds is 4. The molecular weight excluding hydrogens is 258 g/mol. The van der Waals surface area contributed by atoms with Gasteiger partial charge in [0.25, 0.3) is 0 Å². The van der Waals surface area contributed by atoms with Gasteiger partial charge in [-0.15, -0.1) is 11.8 Å². The standard InChI is InChI=1S/C14H17N3OS/c1-2-5-14-17(13(18)9-19-14)8-12-15-10-6-3-4-7-11(10)16-12/h3-4,6-7,14H,2,5,8-9H2,1H3,(H,15,16). The predicted octanol–water partition coefficient (Wildman–Crippen LogP) is 2.76. The smallest absolute Gasteiger partial charge is 0.233 e. The number of fused-ring (bicyclic) bond motifs is 1. The first-order chi connectivity index (χ1) is 9.28. The topological polar surface area (TPSA) is 49.0 Å². The zero-order valence-electron chi connectivity index (χ0n) is 10.9. The minimum absolute atomic E-state index is 0.226. The van der Waals surface area contributed by atoms with Gasteiger partial charge in [-0.1, -0.05) is 25.5 Å². The van der Waals surface area contributed by atoms with Gasteiger partial charge in [-0.3, -0.25) is 4.79 Å². The van der Waals surface area contributed by atoms with Gasteiger partial charge in [0.15, 0.2) is 0 Å². The number of carbonyl (C=O) groups is 1. The number of amides is 1. The van der Waals surface area contributed by atoms with E-state index in [4.69, 9.17) is 0 Å². The minimum Gasteiger partial charge on any atom is -0.340 e. The summed E-state index contributed by atoms with van der Waals surface area (Å²) in [5, 5.41) is 0.311. The second-order valence-corrected chi connectivity index (χ2v) is 5.94. The number of nitrogens with one attached hydrogen (secondary N) is 1. The van der Waals surface area contributed by atoms with Crippen LogP contribution in [0.25, 0.3) is 11.0 Å². The zero-order chi connectivity index (χ0) is 13.2. The minimum atomic E-state index is 0.226. The summed E-state index contributed by atoms with van der Waals surface area (Å²) < 4.78 is 0. The average Bonchev–Trinajstić information content (AvgIpc) is 2.96. The number of hydrogen-bond acceptors (Lipinski definition) is 3.